The van der Waals surface area contributed by atoms with Crippen LogP contribution in [-0.4, -0.2) is 38.3 Å². The minimum Gasteiger partial charge on any atom is -0.491 e. The number of benzene rings is 1. The van der Waals surface area contributed by atoms with E-state index in [4.69, 9.17) is 9.47 Å². The summed E-state index contributed by atoms with van der Waals surface area (Å²) >= 11 is 0. The molecular formula is C15H22N2O3. The van der Waals surface area contributed by atoms with Gasteiger partial charge in [0.15, 0.2) is 0 Å². The summed E-state index contributed by atoms with van der Waals surface area (Å²) in [7, 11) is 0. The Morgan fingerprint density at radius 2 is 2.35 bits per heavy atom. The molecule has 1 saturated heterocycles. The second-order valence-electron chi connectivity index (χ2n) is 4.82. The summed E-state index contributed by atoms with van der Waals surface area (Å²) in [6.45, 7) is 4.79. The molecule has 0 aromatic heterocycles. The van der Waals surface area contributed by atoms with E-state index in [0.29, 0.717) is 26.2 Å². The maximum absolute atomic E-state index is 12.0. The van der Waals surface area contributed by atoms with E-state index in [1.54, 1.807) is 0 Å². The van der Waals surface area contributed by atoms with E-state index in [9.17, 15) is 4.79 Å². The van der Waals surface area contributed by atoms with Crippen LogP contribution in [0.4, 0.5) is 5.69 Å². The van der Waals surface area contributed by atoms with Crippen molar-refractivity contribution in [2.45, 2.75) is 25.8 Å². The van der Waals surface area contributed by atoms with Crippen LogP contribution in [0.3, 0.4) is 0 Å². The van der Waals surface area contributed by atoms with Crippen LogP contribution in [0.2, 0.25) is 0 Å². The third-order valence-corrected chi connectivity index (χ3v) is 3.05. The Labute approximate surface area is 119 Å². The molecule has 2 N–H and O–H groups in total. The highest BCUT2D eigenvalue weighted by atomic mass is 16.5. The number of hydrogen-bond donors (Lipinski definition) is 2. The number of carbonyl (C=O) groups excluding carboxylic acids is 1. The normalized spacial score (nSPS) is 18.6. The Kier molecular flexibility index (Phi) is 5.83. The fourth-order valence-corrected chi connectivity index (χ4v) is 2.08. The summed E-state index contributed by atoms with van der Waals surface area (Å²) in [6.07, 6.45) is 1.34. The Morgan fingerprint density at radius 1 is 1.50 bits per heavy atom. The quantitative estimate of drug-likeness (QED) is 0.833. The van der Waals surface area contributed by atoms with Crippen molar-refractivity contribution in [3.8, 4) is 5.75 Å². The summed E-state index contributed by atoms with van der Waals surface area (Å²) in [5.41, 5.74) is 0.725. The van der Waals surface area contributed by atoms with Gasteiger partial charge in [-0.15, -0.1) is 0 Å². The molecule has 0 spiro atoms. The molecule has 110 valence electrons. The molecule has 5 nitrogen and oxygen atoms in total. The molecule has 1 aromatic carbocycles. The van der Waals surface area contributed by atoms with Gasteiger partial charge < -0.3 is 20.1 Å². The largest absolute Gasteiger partial charge is 0.491 e. The predicted molar refractivity (Wildman–Crippen MR) is 78.1 cm³/mol. The zero-order chi connectivity index (χ0) is 14.2. The van der Waals surface area contributed by atoms with Crippen molar-refractivity contribution in [1.82, 2.24) is 5.32 Å². The molecule has 1 unspecified atom stereocenters. The third kappa shape index (κ3) is 4.51. The van der Waals surface area contributed by atoms with Gasteiger partial charge in [-0.3, -0.25) is 4.79 Å². The average molecular weight is 278 g/mol. The lowest BCUT2D eigenvalue weighted by Gasteiger charge is -2.23. The van der Waals surface area contributed by atoms with E-state index in [1.165, 1.54) is 0 Å². The number of anilines is 1. The van der Waals surface area contributed by atoms with Gasteiger partial charge in [-0.1, -0.05) is 19.1 Å². The Balaban J connectivity index is 1.89. The van der Waals surface area contributed by atoms with E-state index < -0.39 is 0 Å². The van der Waals surface area contributed by atoms with Crippen LogP contribution >= 0.6 is 0 Å². The number of nitrogens with one attached hydrogen (secondary N) is 2. The molecule has 1 amide bonds. The number of carbonyl (C=O) groups is 1. The minimum atomic E-state index is -0.0273. The average Bonchev–Trinajstić information content (AvgIpc) is 2.47. The molecule has 5 heteroatoms. The predicted octanol–water partition coefficient (Wildman–Crippen LogP) is 1.79. The maximum Gasteiger partial charge on any atom is 0.226 e. The van der Waals surface area contributed by atoms with Gasteiger partial charge in [-0.25, -0.2) is 0 Å². The lowest BCUT2D eigenvalue weighted by Crippen LogP contribution is -2.43. The molecule has 0 saturated carbocycles. The van der Waals surface area contributed by atoms with Crippen molar-refractivity contribution >= 4 is 11.6 Å². The van der Waals surface area contributed by atoms with Gasteiger partial charge in [0, 0.05) is 19.0 Å². The van der Waals surface area contributed by atoms with E-state index in [0.717, 1.165) is 24.4 Å². The molecule has 2 rings (SSSR count). The fraction of sp³-hybridized carbons (Fsp3) is 0.533. The van der Waals surface area contributed by atoms with E-state index in [-0.39, 0.29) is 11.9 Å². The zero-order valence-corrected chi connectivity index (χ0v) is 11.9. The first-order chi connectivity index (χ1) is 9.79. The molecule has 0 aliphatic carbocycles. The molecule has 20 heavy (non-hydrogen) atoms. The first kappa shape index (κ1) is 14.8. The minimum absolute atomic E-state index is 0.0273. The Hall–Kier alpha value is -1.59. The smallest absolute Gasteiger partial charge is 0.226 e. The lowest BCUT2D eigenvalue weighted by molar-refractivity contribution is -0.117. The second kappa shape index (κ2) is 7.87. The molecular weight excluding hydrogens is 256 g/mol. The third-order valence-electron chi connectivity index (χ3n) is 3.05. The summed E-state index contributed by atoms with van der Waals surface area (Å²) in [4.78, 5) is 12.0. The SMILES string of the molecule is CCCOc1ccccc1NC(=O)CC1COCCN1. The molecule has 1 atom stereocenters. The number of ether oxygens (including phenoxy) is 2. The van der Waals surface area contributed by atoms with Crippen molar-refractivity contribution in [2.24, 2.45) is 0 Å². The molecule has 1 fully saturated rings. The fourth-order valence-electron chi connectivity index (χ4n) is 2.08. The lowest BCUT2D eigenvalue weighted by atomic mass is 10.2. The summed E-state index contributed by atoms with van der Waals surface area (Å²) in [5.74, 6) is 0.691. The topological polar surface area (TPSA) is 59.6 Å². The standard InChI is InChI=1S/C15H22N2O3/c1-2-8-20-14-6-4-3-5-13(14)17-15(18)10-12-11-19-9-7-16-12/h3-6,12,16H,2,7-11H2,1H3,(H,17,18). The zero-order valence-electron chi connectivity index (χ0n) is 11.9. The monoisotopic (exact) mass is 278 g/mol. The van der Waals surface area contributed by atoms with Gasteiger partial charge in [0.2, 0.25) is 5.91 Å². The summed E-state index contributed by atoms with van der Waals surface area (Å²) in [5, 5.41) is 6.17. The Bertz CT molecular complexity index is 431. The van der Waals surface area contributed by atoms with Crippen molar-refractivity contribution < 1.29 is 14.3 Å². The molecule has 0 bridgehead atoms. The number of morpholine rings is 1. The second-order valence-corrected chi connectivity index (χ2v) is 4.82. The van der Waals surface area contributed by atoms with Gasteiger partial charge in [0.05, 0.1) is 25.5 Å². The molecule has 1 aliphatic heterocycles. The highest BCUT2D eigenvalue weighted by Crippen LogP contribution is 2.24. The van der Waals surface area contributed by atoms with Gasteiger partial charge in [-0.2, -0.15) is 0 Å². The number of amides is 1. The molecule has 1 heterocycles. The van der Waals surface area contributed by atoms with Crippen molar-refractivity contribution in [1.29, 1.82) is 0 Å². The van der Waals surface area contributed by atoms with Crippen LogP contribution in [0.5, 0.6) is 5.75 Å². The van der Waals surface area contributed by atoms with Gasteiger partial charge in [-0.05, 0) is 18.6 Å². The van der Waals surface area contributed by atoms with E-state index in [2.05, 4.69) is 17.6 Å². The number of hydrogen-bond acceptors (Lipinski definition) is 4. The van der Waals surface area contributed by atoms with Gasteiger partial charge in [0.1, 0.15) is 5.75 Å². The summed E-state index contributed by atoms with van der Waals surface area (Å²) in [6, 6.07) is 7.60. The molecule has 0 radical (unpaired) electrons. The van der Waals surface area contributed by atoms with Crippen LogP contribution < -0.4 is 15.4 Å². The number of rotatable bonds is 6. The summed E-state index contributed by atoms with van der Waals surface area (Å²) < 4.78 is 11.0. The molecule has 1 aromatic rings. The van der Waals surface area contributed by atoms with E-state index in [1.807, 2.05) is 24.3 Å². The Morgan fingerprint density at radius 3 is 3.10 bits per heavy atom. The number of para-hydroxylation sites is 2. The highest BCUT2D eigenvalue weighted by molar-refractivity contribution is 5.92. The van der Waals surface area contributed by atoms with Gasteiger partial charge in [0.25, 0.3) is 0 Å². The van der Waals surface area contributed by atoms with Crippen LogP contribution in [0.15, 0.2) is 24.3 Å². The van der Waals surface area contributed by atoms with Crippen molar-refractivity contribution in [3.63, 3.8) is 0 Å². The van der Waals surface area contributed by atoms with Crippen molar-refractivity contribution in [2.75, 3.05) is 31.7 Å². The van der Waals surface area contributed by atoms with E-state index >= 15 is 0 Å². The van der Waals surface area contributed by atoms with Crippen LogP contribution in [-0.2, 0) is 9.53 Å². The first-order valence-corrected chi connectivity index (χ1v) is 7.12. The van der Waals surface area contributed by atoms with Crippen LogP contribution in [0, 0.1) is 0 Å². The molecule has 1 aliphatic rings. The first-order valence-electron chi connectivity index (χ1n) is 7.12. The van der Waals surface area contributed by atoms with Crippen molar-refractivity contribution in [3.05, 3.63) is 24.3 Å². The highest BCUT2D eigenvalue weighted by Gasteiger charge is 2.17. The van der Waals surface area contributed by atoms with Crippen LogP contribution in [0.1, 0.15) is 19.8 Å². The van der Waals surface area contributed by atoms with Crippen LogP contribution in [0.25, 0.3) is 0 Å². The maximum atomic E-state index is 12.0. The van der Waals surface area contributed by atoms with Gasteiger partial charge >= 0.3 is 0 Å².